The minimum atomic E-state index is -0.833. The fourth-order valence-electron chi connectivity index (χ4n) is 6.35. The topological polar surface area (TPSA) is 135 Å². The Morgan fingerprint density at radius 1 is 1.29 bits per heavy atom. The van der Waals surface area contributed by atoms with Crippen LogP contribution in [0, 0.1) is 5.92 Å². The van der Waals surface area contributed by atoms with Crippen LogP contribution in [0.2, 0.25) is 0 Å². The summed E-state index contributed by atoms with van der Waals surface area (Å²) in [5.41, 5.74) is 2.11. The molecule has 0 aromatic heterocycles. The van der Waals surface area contributed by atoms with Gasteiger partial charge < -0.3 is 34.6 Å². The number of nitrogens with one attached hydrogen (secondary N) is 1. The molecule has 1 saturated carbocycles. The molecule has 10 nitrogen and oxygen atoms in total. The third-order valence-electron chi connectivity index (χ3n) is 7.48. The number of aromatic hydroxyl groups is 1. The van der Waals surface area contributed by atoms with Crippen molar-refractivity contribution in [3.05, 3.63) is 23.3 Å². The SMILES string of the molecule is CC(=O)O.CCOC(=O)CNC(=O)O[C@H]1CC[C@H]2[C@H]3Cc4ccc(O)c5c4[C@@]2(CCN3C)[C@@H]1O5. The van der Waals surface area contributed by atoms with E-state index in [4.69, 9.17) is 24.1 Å². The number of amides is 1. The molecule has 2 bridgehead atoms. The van der Waals surface area contributed by atoms with E-state index in [2.05, 4.69) is 17.3 Å². The first kappa shape index (κ1) is 24.1. The largest absolute Gasteiger partial charge is 0.504 e. The zero-order valence-corrected chi connectivity index (χ0v) is 19.7. The summed E-state index contributed by atoms with van der Waals surface area (Å²) < 4.78 is 16.9. The molecule has 5 rings (SSSR count). The number of hydrogen-bond acceptors (Lipinski definition) is 8. The highest BCUT2D eigenvalue weighted by Gasteiger charge is 2.66. The van der Waals surface area contributed by atoms with Crippen LogP contribution < -0.4 is 10.1 Å². The number of carboxylic acid groups (broad SMARTS) is 1. The molecule has 4 aliphatic rings. The Hall–Kier alpha value is -3.01. The third kappa shape index (κ3) is 4.04. The fraction of sp³-hybridized carbons (Fsp3) is 0.625. The van der Waals surface area contributed by atoms with Gasteiger partial charge in [0.05, 0.1) is 6.61 Å². The molecule has 2 heterocycles. The molecule has 1 spiro atoms. The number of likely N-dealkylation sites (tertiary alicyclic amines) is 1. The number of alkyl carbamates (subject to hydrolysis) is 1. The molecule has 0 unspecified atom stereocenters. The van der Waals surface area contributed by atoms with Crippen LogP contribution >= 0.6 is 0 Å². The molecule has 2 aliphatic heterocycles. The number of nitrogens with zero attached hydrogens (tertiary/aromatic N) is 1. The smallest absolute Gasteiger partial charge is 0.408 e. The molecule has 186 valence electrons. The lowest BCUT2D eigenvalue weighted by Gasteiger charge is -2.58. The summed E-state index contributed by atoms with van der Waals surface area (Å²) in [5, 5.41) is 20.4. The lowest BCUT2D eigenvalue weighted by atomic mass is 9.51. The predicted molar refractivity (Wildman–Crippen MR) is 120 cm³/mol. The van der Waals surface area contributed by atoms with Crippen LogP contribution in [0.5, 0.6) is 11.5 Å². The molecule has 1 aromatic rings. The van der Waals surface area contributed by atoms with E-state index in [9.17, 15) is 14.7 Å². The molecule has 10 heteroatoms. The Balaban J connectivity index is 0.000000636. The molecule has 1 saturated heterocycles. The number of esters is 1. The molecule has 0 radical (unpaired) electrons. The quantitative estimate of drug-likeness (QED) is 0.556. The van der Waals surface area contributed by atoms with Gasteiger partial charge in [-0.25, -0.2) is 4.79 Å². The van der Waals surface area contributed by atoms with Crippen LogP contribution in [0.15, 0.2) is 12.1 Å². The third-order valence-corrected chi connectivity index (χ3v) is 7.48. The Morgan fingerprint density at radius 2 is 2.03 bits per heavy atom. The van der Waals surface area contributed by atoms with Crippen LogP contribution in [-0.2, 0) is 30.9 Å². The van der Waals surface area contributed by atoms with E-state index in [1.54, 1.807) is 13.0 Å². The van der Waals surface area contributed by atoms with Crippen molar-refractivity contribution in [2.75, 3.05) is 26.7 Å². The minimum Gasteiger partial charge on any atom is -0.504 e. The molecule has 34 heavy (non-hydrogen) atoms. The average molecular weight is 477 g/mol. The molecular weight excluding hydrogens is 444 g/mol. The first-order chi connectivity index (χ1) is 16.2. The van der Waals surface area contributed by atoms with Gasteiger partial charge in [-0.2, -0.15) is 0 Å². The molecule has 2 fully saturated rings. The number of phenols is 1. The maximum Gasteiger partial charge on any atom is 0.408 e. The first-order valence-corrected chi connectivity index (χ1v) is 11.7. The van der Waals surface area contributed by atoms with E-state index in [0.29, 0.717) is 24.1 Å². The number of aliphatic carboxylic acids is 1. The Kier molecular flexibility index (Phi) is 6.62. The van der Waals surface area contributed by atoms with Gasteiger partial charge in [-0.15, -0.1) is 0 Å². The van der Waals surface area contributed by atoms with Crippen molar-refractivity contribution in [2.45, 2.75) is 63.2 Å². The van der Waals surface area contributed by atoms with Gasteiger partial charge in [-0.1, -0.05) is 6.07 Å². The van der Waals surface area contributed by atoms with Crippen molar-refractivity contribution in [1.82, 2.24) is 10.2 Å². The van der Waals surface area contributed by atoms with Crippen molar-refractivity contribution < 1.29 is 38.8 Å². The van der Waals surface area contributed by atoms with Crippen LogP contribution in [0.1, 0.15) is 44.2 Å². The van der Waals surface area contributed by atoms with Crippen LogP contribution in [-0.4, -0.2) is 78.1 Å². The van der Waals surface area contributed by atoms with Crippen molar-refractivity contribution in [1.29, 1.82) is 0 Å². The van der Waals surface area contributed by atoms with Gasteiger partial charge in [0.25, 0.3) is 5.97 Å². The summed E-state index contributed by atoms with van der Waals surface area (Å²) in [6, 6.07) is 4.15. The van der Waals surface area contributed by atoms with Gasteiger partial charge in [-0.3, -0.25) is 9.59 Å². The minimum absolute atomic E-state index is 0.152. The number of likely N-dealkylation sites (N-methyl/N-ethyl adjacent to an activating group) is 1. The van der Waals surface area contributed by atoms with E-state index >= 15 is 0 Å². The van der Waals surface area contributed by atoms with Gasteiger partial charge in [0.15, 0.2) is 11.5 Å². The monoisotopic (exact) mass is 476 g/mol. The van der Waals surface area contributed by atoms with E-state index in [-0.39, 0.29) is 30.4 Å². The van der Waals surface area contributed by atoms with Crippen molar-refractivity contribution in [3.63, 3.8) is 0 Å². The van der Waals surface area contributed by atoms with Crippen molar-refractivity contribution >= 4 is 18.0 Å². The Labute approximate surface area is 198 Å². The first-order valence-electron chi connectivity index (χ1n) is 11.7. The van der Waals surface area contributed by atoms with Crippen LogP contribution in [0.25, 0.3) is 0 Å². The second-order valence-electron chi connectivity index (χ2n) is 9.33. The average Bonchev–Trinajstić information content (AvgIpc) is 3.13. The zero-order valence-electron chi connectivity index (χ0n) is 19.7. The number of carboxylic acids is 1. The number of piperidine rings is 1. The Bertz CT molecular complexity index is 978. The summed E-state index contributed by atoms with van der Waals surface area (Å²) in [7, 11) is 2.18. The molecule has 3 N–H and O–H groups in total. The highest BCUT2D eigenvalue weighted by molar-refractivity contribution is 5.78. The van der Waals surface area contributed by atoms with Gasteiger partial charge >= 0.3 is 12.1 Å². The van der Waals surface area contributed by atoms with Crippen LogP contribution in [0.4, 0.5) is 4.79 Å². The molecule has 2 aliphatic carbocycles. The number of ether oxygens (including phenoxy) is 3. The number of carbonyl (C=O) groups is 3. The number of carbonyl (C=O) groups excluding carboxylic acids is 2. The van der Waals surface area contributed by atoms with Gasteiger partial charge in [-0.05, 0) is 63.7 Å². The molecule has 1 amide bonds. The number of rotatable bonds is 4. The summed E-state index contributed by atoms with van der Waals surface area (Å²) in [5.74, 6) is -0.215. The number of benzene rings is 1. The van der Waals surface area contributed by atoms with Gasteiger partial charge in [0, 0.05) is 23.9 Å². The van der Waals surface area contributed by atoms with E-state index in [1.807, 2.05) is 6.07 Å². The second kappa shape index (κ2) is 9.32. The Morgan fingerprint density at radius 3 is 2.74 bits per heavy atom. The normalized spacial score (nSPS) is 30.1. The molecular formula is C24H32N2O8. The fourth-order valence-corrected chi connectivity index (χ4v) is 6.35. The highest BCUT2D eigenvalue weighted by atomic mass is 16.6. The van der Waals surface area contributed by atoms with E-state index in [0.717, 1.165) is 38.3 Å². The van der Waals surface area contributed by atoms with E-state index < -0.39 is 24.1 Å². The zero-order chi connectivity index (χ0) is 24.6. The highest BCUT2D eigenvalue weighted by Crippen LogP contribution is 2.63. The maximum absolute atomic E-state index is 12.4. The second-order valence-corrected chi connectivity index (χ2v) is 9.33. The summed E-state index contributed by atoms with van der Waals surface area (Å²) >= 11 is 0. The number of phenolic OH excluding ortho intramolecular Hbond substituents is 1. The van der Waals surface area contributed by atoms with Gasteiger partial charge in [0.2, 0.25) is 0 Å². The molecule has 5 atom stereocenters. The van der Waals surface area contributed by atoms with Crippen molar-refractivity contribution in [3.8, 4) is 11.5 Å². The van der Waals surface area contributed by atoms with Crippen molar-refractivity contribution in [2.24, 2.45) is 5.92 Å². The van der Waals surface area contributed by atoms with Gasteiger partial charge in [0.1, 0.15) is 18.8 Å². The lowest BCUT2D eigenvalue weighted by molar-refractivity contribution is -0.142. The lowest BCUT2D eigenvalue weighted by Crippen LogP contribution is -2.66. The maximum atomic E-state index is 12.4. The summed E-state index contributed by atoms with van der Waals surface area (Å²) in [6.45, 7) is 3.78. The standard InChI is InChI=1S/C22H28N2O6.C2H4O2/c1-3-28-17(26)11-23-21(27)29-16-7-5-13-14-10-12-4-6-15(25)19-18(12)22(13,20(16)30-19)8-9-24(14)2;1-2(3)4/h4,6,13-14,16,20,25H,3,5,7-11H2,1-2H3,(H,23,27);1H3,(H,3,4)/t13-,14+,16-,20+,22-;/m0./s1. The summed E-state index contributed by atoms with van der Waals surface area (Å²) in [4.78, 5) is 35.3. The van der Waals surface area contributed by atoms with E-state index in [1.165, 1.54) is 5.56 Å². The predicted octanol–water partition coefficient (Wildman–Crippen LogP) is 1.81. The molecule has 1 aromatic carbocycles. The number of hydrogen-bond donors (Lipinski definition) is 3. The summed E-state index contributed by atoms with van der Waals surface area (Å²) in [6.07, 6.45) is 2.06. The van der Waals surface area contributed by atoms with Crippen LogP contribution in [0.3, 0.4) is 0 Å².